The SMILES string of the molecule is O=C1c2cc(Cl)c(Cl)cc2OCC1Br. The van der Waals surface area contributed by atoms with E-state index in [0.29, 0.717) is 28.0 Å². The molecule has 0 bridgehead atoms. The zero-order valence-corrected chi connectivity index (χ0v) is 9.99. The molecule has 1 aliphatic heterocycles. The van der Waals surface area contributed by atoms with Crippen molar-refractivity contribution < 1.29 is 9.53 Å². The highest BCUT2D eigenvalue weighted by Gasteiger charge is 2.27. The molecule has 0 radical (unpaired) electrons. The van der Waals surface area contributed by atoms with Gasteiger partial charge in [0, 0.05) is 6.07 Å². The number of ether oxygens (including phenoxy) is 1. The fourth-order valence-electron chi connectivity index (χ4n) is 1.25. The molecule has 0 amide bonds. The van der Waals surface area contributed by atoms with Crippen LogP contribution < -0.4 is 4.74 Å². The fraction of sp³-hybridized carbons (Fsp3) is 0.222. The Labute approximate surface area is 99.3 Å². The molecule has 74 valence electrons. The molecular weight excluding hydrogens is 291 g/mol. The van der Waals surface area contributed by atoms with Gasteiger partial charge in [0.25, 0.3) is 0 Å². The summed E-state index contributed by atoms with van der Waals surface area (Å²) in [7, 11) is 0. The summed E-state index contributed by atoms with van der Waals surface area (Å²) in [6, 6.07) is 3.10. The average Bonchev–Trinajstić information content (AvgIpc) is 2.15. The molecule has 1 aliphatic rings. The van der Waals surface area contributed by atoms with Gasteiger partial charge in [0.05, 0.1) is 15.6 Å². The highest BCUT2D eigenvalue weighted by molar-refractivity contribution is 9.10. The zero-order valence-electron chi connectivity index (χ0n) is 6.89. The average molecular weight is 296 g/mol. The molecule has 0 spiro atoms. The smallest absolute Gasteiger partial charge is 0.183 e. The number of carbonyl (C=O) groups is 1. The highest BCUT2D eigenvalue weighted by atomic mass is 79.9. The Morgan fingerprint density at radius 2 is 2.00 bits per heavy atom. The Hall–Kier alpha value is -0.250. The minimum Gasteiger partial charge on any atom is -0.491 e. The number of benzene rings is 1. The molecule has 0 saturated carbocycles. The van der Waals surface area contributed by atoms with Crippen LogP contribution in [0.25, 0.3) is 0 Å². The molecule has 14 heavy (non-hydrogen) atoms. The second-order valence-electron chi connectivity index (χ2n) is 2.91. The third kappa shape index (κ3) is 1.64. The number of carbonyl (C=O) groups excluding carboxylic acids is 1. The number of halogens is 3. The van der Waals surface area contributed by atoms with Crippen LogP contribution >= 0.6 is 39.1 Å². The van der Waals surface area contributed by atoms with Crippen LogP contribution in [0.5, 0.6) is 5.75 Å². The highest BCUT2D eigenvalue weighted by Crippen LogP contribution is 2.34. The first-order valence-electron chi connectivity index (χ1n) is 3.89. The quantitative estimate of drug-likeness (QED) is 0.686. The van der Waals surface area contributed by atoms with Gasteiger partial charge in [-0.15, -0.1) is 0 Å². The zero-order chi connectivity index (χ0) is 10.3. The molecule has 1 aromatic carbocycles. The summed E-state index contributed by atoms with van der Waals surface area (Å²) in [6.45, 7) is 0.323. The largest absolute Gasteiger partial charge is 0.491 e. The molecule has 2 rings (SSSR count). The number of hydrogen-bond donors (Lipinski definition) is 0. The lowest BCUT2D eigenvalue weighted by molar-refractivity contribution is 0.0946. The van der Waals surface area contributed by atoms with Crippen LogP contribution in [-0.2, 0) is 0 Å². The summed E-state index contributed by atoms with van der Waals surface area (Å²) in [5, 5.41) is 0.759. The topological polar surface area (TPSA) is 26.3 Å². The van der Waals surface area contributed by atoms with Crippen LogP contribution in [0, 0.1) is 0 Å². The number of hydrogen-bond acceptors (Lipinski definition) is 2. The van der Waals surface area contributed by atoms with Gasteiger partial charge >= 0.3 is 0 Å². The van der Waals surface area contributed by atoms with Gasteiger partial charge in [0.1, 0.15) is 17.2 Å². The molecule has 0 aliphatic carbocycles. The van der Waals surface area contributed by atoms with Gasteiger partial charge in [-0.1, -0.05) is 39.1 Å². The van der Waals surface area contributed by atoms with Crippen LogP contribution in [0.15, 0.2) is 12.1 Å². The van der Waals surface area contributed by atoms with Crippen LogP contribution in [0.1, 0.15) is 10.4 Å². The van der Waals surface area contributed by atoms with Crippen molar-refractivity contribution in [3.05, 3.63) is 27.7 Å². The van der Waals surface area contributed by atoms with Crippen LogP contribution in [0.2, 0.25) is 10.0 Å². The number of fused-ring (bicyclic) bond motifs is 1. The lowest BCUT2D eigenvalue weighted by atomic mass is 10.1. The summed E-state index contributed by atoms with van der Waals surface area (Å²) in [4.78, 5) is 11.4. The summed E-state index contributed by atoms with van der Waals surface area (Å²) in [5.74, 6) is 0.477. The summed E-state index contributed by atoms with van der Waals surface area (Å²) < 4.78 is 5.33. The van der Waals surface area contributed by atoms with Crippen LogP contribution in [0.4, 0.5) is 0 Å². The van der Waals surface area contributed by atoms with Crippen LogP contribution in [-0.4, -0.2) is 17.2 Å². The fourth-order valence-corrected chi connectivity index (χ4v) is 1.94. The predicted octanol–water partition coefficient (Wildman–Crippen LogP) is 3.33. The first kappa shape index (κ1) is 10.3. The van der Waals surface area contributed by atoms with Crippen molar-refractivity contribution >= 4 is 44.9 Å². The Balaban J connectivity index is 2.56. The summed E-state index contributed by atoms with van der Waals surface area (Å²) in [6.07, 6.45) is 0. The van der Waals surface area contributed by atoms with E-state index >= 15 is 0 Å². The third-order valence-electron chi connectivity index (χ3n) is 1.96. The van der Waals surface area contributed by atoms with E-state index in [4.69, 9.17) is 27.9 Å². The van der Waals surface area contributed by atoms with Gasteiger partial charge in [-0.3, -0.25) is 4.79 Å². The predicted molar refractivity (Wildman–Crippen MR) is 59.0 cm³/mol. The summed E-state index contributed by atoms with van der Waals surface area (Å²) in [5.41, 5.74) is 0.479. The van der Waals surface area contributed by atoms with Crippen molar-refractivity contribution in [2.45, 2.75) is 4.83 Å². The molecule has 0 aromatic heterocycles. The van der Waals surface area contributed by atoms with Gasteiger partial charge in [-0.05, 0) is 6.07 Å². The van der Waals surface area contributed by atoms with Crippen LogP contribution in [0.3, 0.4) is 0 Å². The summed E-state index contributed by atoms with van der Waals surface area (Å²) >= 11 is 14.8. The van der Waals surface area contributed by atoms with E-state index in [-0.39, 0.29) is 10.6 Å². The van der Waals surface area contributed by atoms with Crippen molar-refractivity contribution in [3.8, 4) is 5.75 Å². The van der Waals surface area contributed by atoms with E-state index in [1.165, 1.54) is 6.07 Å². The lowest BCUT2D eigenvalue weighted by Crippen LogP contribution is -2.27. The van der Waals surface area contributed by atoms with E-state index < -0.39 is 0 Å². The maximum Gasteiger partial charge on any atom is 0.183 e. The lowest BCUT2D eigenvalue weighted by Gasteiger charge is -2.20. The van der Waals surface area contributed by atoms with Gasteiger partial charge in [-0.2, -0.15) is 0 Å². The molecule has 1 atom stereocenters. The van der Waals surface area contributed by atoms with Gasteiger partial charge in [0.15, 0.2) is 5.78 Å². The number of ketones is 1. The van der Waals surface area contributed by atoms with Crippen molar-refractivity contribution in [2.75, 3.05) is 6.61 Å². The number of rotatable bonds is 0. The van der Waals surface area contributed by atoms with E-state index in [9.17, 15) is 4.79 Å². The second-order valence-corrected chi connectivity index (χ2v) is 4.82. The molecule has 0 saturated heterocycles. The Morgan fingerprint density at radius 1 is 1.36 bits per heavy atom. The second kappa shape index (κ2) is 3.72. The minimum absolute atomic E-state index is 0.0233. The Bertz CT molecular complexity index is 406. The molecule has 0 fully saturated rings. The van der Waals surface area contributed by atoms with Crippen molar-refractivity contribution in [2.24, 2.45) is 0 Å². The van der Waals surface area contributed by atoms with Gasteiger partial charge in [-0.25, -0.2) is 0 Å². The normalized spacial score (nSPS) is 20.2. The molecule has 1 heterocycles. The van der Waals surface area contributed by atoms with Crippen molar-refractivity contribution in [1.29, 1.82) is 0 Å². The first-order chi connectivity index (χ1) is 6.59. The molecule has 0 N–H and O–H groups in total. The van der Waals surface area contributed by atoms with E-state index in [2.05, 4.69) is 15.9 Å². The molecule has 1 aromatic rings. The Kier molecular flexibility index (Phi) is 2.73. The maximum absolute atomic E-state index is 11.7. The van der Waals surface area contributed by atoms with Gasteiger partial charge in [0.2, 0.25) is 0 Å². The first-order valence-corrected chi connectivity index (χ1v) is 5.57. The maximum atomic E-state index is 11.7. The van der Waals surface area contributed by atoms with Crippen molar-refractivity contribution in [1.82, 2.24) is 0 Å². The molecular formula is C9H5BrCl2O2. The molecule has 5 heteroatoms. The molecule has 1 unspecified atom stereocenters. The standard InChI is InChI=1S/C9H5BrCl2O2/c10-5-3-14-8-2-7(12)6(11)1-4(8)9(5)13/h1-2,5H,3H2. The van der Waals surface area contributed by atoms with E-state index in [1.54, 1.807) is 6.07 Å². The monoisotopic (exact) mass is 294 g/mol. The molecule has 2 nitrogen and oxygen atoms in total. The van der Waals surface area contributed by atoms with E-state index in [1.807, 2.05) is 0 Å². The van der Waals surface area contributed by atoms with E-state index in [0.717, 1.165) is 0 Å². The van der Waals surface area contributed by atoms with Crippen molar-refractivity contribution in [3.63, 3.8) is 0 Å². The number of alkyl halides is 1. The third-order valence-corrected chi connectivity index (χ3v) is 3.36. The number of Topliss-reactive ketones (excluding diaryl/α,β-unsaturated/α-hetero) is 1. The Morgan fingerprint density at radius 3 is 2.71 bits per heavy atom. The van der Waals surface area contributed by atoms with Gasteiger partial charge < -0.3 is 4.74 Å². The minimum atomic E-state index is -0.299.